The average Bonchev–Trinajstić information content (AvgIpc) is 3.49. The van der Waals surface area contributed by atoms with Gasteiger partial charge in [0.05, 0.1) is 33.6 Å². The smallest absolute Gasteiger partial charge is 0.322 e. The Kier molecular flexibility index (Phi) is 11.5. The number of piperidine rings is 2. The molecular formula is C43H49ClN10O5. The molecule has 2 N–H and O–H groups in total. The highest BCUT2D eigenvalue weighted by Crippen LogP contribution is 2.32. The summed E-state index contributed by atoms with van der Waals surface area (Å²) < 4.78 is 0. The molecule has 4 fully saturated rings. The number of benzene rings is 2. The van der Waals surface area contributed by atoms with Gasteiger partial charge in [-0.05, 0) is 101 Å². The van der Waals surface area contributed by atoms with Crippen molar-refractivity contribution in [2.75, 3.05) is 78.9 Å². The van der Waals surface area contributed by atoms with Crippen LogP contribution in [-0.4, -0.2) is 126 Å². The molecule has 59 heavy (non-hydrogen) atoms. The number of hydrogen-bond donors (Lipinski definition) is 2. The number of hydrogen-bond acceptors (Lipinski definition) is 11. The molecule has 0 bridgehead atoms. The first-order valence-corrected chi connectivity index (χ1v) is 20.9. The van der Waals surface area contributed by atoms with Crippen LogP contribution in [0.2, 0.25) is 5.02 Å². The molecule has 0 spiro atoms. The van der Waals surface area contributed by atoms with E-state index >= 15 is 0 Å². The number of imide groups is 2. The summed E-state index contributed by atoms with van der Waals surface area (Å²) in [5.74, 6) is -0.424. The molecule has 1 unspecified atom stereocenters. The molecule has 0 saturated carbocycles. The number of rotatable bonds is 8. The summed E-state index contributed by atoms with van der Waals surface area (Å²) >= 11 is 6.30. The first-order valence-electron chi connectivity index (χ1n) is 20.5. The SMILES string of the molecule is C[C@@H]1CN(c2ccc(C#N)c(Cl)c2)[C@@H](C)CN1C(=O)Nc1ccc(N2CCC(CCN3CCN(c4ccc5c(c4)C(=O)N(C4CCC(=O)NC4=O)C5=O)CC3)CC2)nc1. The Morgan fingerprint density at radius 1 is 0.864 bits per heavy atom. The van der Waals surface area contributed by atoms with Gasteiger partial charge in [0.1, 0.15) is 17.9 Å². The van der Waals surface area contributed by atoms with Crippen molar-refractivity contribution in [3.05, 3.63) is 76.4 Å². The molecular weight excluding hydrogens is 772 g/mol. The number of nitrogens with zero attached hydrogens (tertiary/aromatic N) is 8. The summed E-state index contributed by atoms with van der Waals surface area (Å²) in [4.78, 5) is 80.7. The number of halogens is 1. The fourth-order valence-electron chi connectivity index (χ4n) is 9.09. The van der Waals surface area contributed by atoms with Gasteiger partial charge in [0.2, 0.25) is 11.8 Å². The highest BCUT2D eigenvalue weighted by atomic mass is 35.5. The van der Waals surface area contributed by atoms with Crippen molar-refractivity contribution >= 4 is 64.1 Å². The van der Waals surface area contributed by atoms with Gasteiger partial charge in [-0.1, -0.05) is 11.6 Å². The number of amides is 6. The number of piperazine rings is 2. The molecule has 0 aliphatic carbocycles. The number of urea groups is 1. The van der Waals surface area contributed by atoms with E-state index < -0.39 is 29.7 Å². The highest BCUT2D eigenvalue weighted by molar-refractivity contribution is 6.32. The quantitative estimate of drug-likeness (QED) is 0.306. The summed E-state index contributed by atoms with van der Waals surface area (Å²) in [6, 6.07) is 15.7. The van der Waals surface area contributed by atoms with Crippen LogP contribution in [0, 0.1) is 17.2 Å². The van der Waals surface area contributed by atoms with Crippen LogP contribution >= 0.6 is 11.6 Å². The molecule has 15 nitrogen and oxygen atoms in total. The second kappa shape index (κ2) is 16.9. The minimum Gasteiger partial charge on any atom is -0.369 e. The number of carbonyl (C=O) groups excluding carboxylic acids is 5. The average molecular weight is 821 g/mol. The number of nitriles is 1. The second-order valence-corrected chi connectivity index (χ2v) is 16.7. The molecule has 3 aromatic rings. The molecule has 6 amide bonds. The summed E-state index contributed by atoms with van der Waals surface area (Å²) in [5.41, 5.74) is 3.53. The molecule has 3 atom stereocenters. The first kappa shape index (κ1) is 40.1. The summed E-state index contributed by atoms with van der Waals surface area (Å²) in [5, 5.41) is 14.9. The lowest BCUT2D eigenvalue weighted by molar-refractivity contribution is -0.136. The number of pyridine rings is 1. The number of nitrogens with one attached hydrogen (secondary N) is 2. The van der Waals surface area contributed by atoms with Crippen molar-refractivity contribution in [2.24, 2.45) is 5.92 Å². The van der Waals surface area contributed by atoms with Crippen LogP contribution in [0.3, 0.4) is 0 Å². The highest BCUT2D eigenvalue weighted by Gasteiger charge is 2.45. The van der Waals surface area contributed by atoms with Crippen molar-refractivity contribution in [2.45, 2.75) is 64.1 Å². The molecule has 4 saturated heterocycles. The predicted molar refractivity (Wildman–Crippen MR) is 224 cm³/mol. The molecule has 0 radical (unpaired) electrons. The van der Waals surface area contributed by atoms with E-state index in [1.165, 1.54) is 0 Å². The molecule has 16 heteroatoms. The maximum atomic E-state index is 13.4. The van der Waals surface area contributed by atoms with E-state index in [0.29, 0.717) is 46.4 Å². The van der Waals surface area contributed by atoms with E-state index in [2.05, 4.69) is 43.2 Å². The van der Waals surface area contributed by atoms with Crippen molar-refractivity contribution < 1.29 is 24.0 Å². The third-order valence-corrected chi connectivity index (χ3v) is 12.9. The Labute approximate surface area is 348 Å². The van der Waals surface area contributed by atoms with E-state index in [9.17, 15) is 29.2 Å². The van der Waals surface area contributed by atoms with E-state index in [0.717, 1.165) is 87.2 Å². The van der Waals surface area contributed by atoms with Gasteiger partial charge < -0.3 is 24.9 Å². The van der Waals surface area contributed by atoms with Gasteiger partial charge >= 0.3 is 6.03 Å². The van der Waals surface area contributed by atoms with Crippen LogP contribution in [-0.2, 0) is 9.59 Å². The fourth-order valence-corrected chi connectivity index (χ4v) is 9.30. The van der Waals surface area contributed by atoms with E-state index in [1.54, 1.807) is 24.4 Å². The predicted octanol–water partition coefficient (Wildman–Crippen LogP) is 4.57. The minimum absolute atomic E-state index is 0.0423. The maximum absolute atomic E-state index is 13.4. The van der Waals surface area contributed by atoms with Crippen molar-refractivity contribution in [1.82, 2.24) is 25.0 Å². The van der Waals surface area contributed by atoms with Crippen LogP contribution in [0.1, 0.15) is 72.2 Å². The normalized spacial score (nSPS) is 23.0. The zero-order valence-corrected chi connectivity index (χ0v) is 34.2. The van der Waals surface area contributed by atoms with Gasteiger partial charge in [0.25, 0.3) is 11.8 Å². The molecule has 8 rings (SSSR count). The number of anilines is 4. The molecule has 1 aromatic heterocycles. The molecule has 2 aromatic carbocycles. The van der Waals surface area contributed by atoms with Gasteiger partial charge in [-0.25, -0.2) is 9.78 Å². The standard InChI is InChI=1S/C43H49ClN10O5/c1-27-26-53(28(2)25-52(27)33-5-3-30(23-45)36(44)22-33)43(59)47-31-4-9-38(46-24-31)51-15-12-29(13-16-51)11-14-49-17-19-50(20-18-49)32-6-7-34-35(21-32)42(58)54(41(34)57)37-8-10-39(55)48-40(37)56/h3-7,9,21-22,24,27-29,37H,8,10-20,25-26H2,1-2H3,(H,47,59)(H,48,55,56)/t27-,28+,37?/m0/s1. The lowest BCUT2D eigenvalue weighted by Gasteiger charge is -2.45. The lowest BCUT2D eigenvalue weighted by Crippen LogP contribution is -2.59. The van der Waals surface area contributed by atoms with E-state index in [-0.39, 0.29) is 31.0 Å². The summed E-state index contributed by atoms with van der Waals surface area (Å²) in [6.45, 7) is 11.6. The van der Waals surface area contributed by atoms with Crippen LogP contribution in [0.5, 0.6) is 0 Å². The van der Waals surface area contributed by atoms with Crippen LogP contribution in [0.15, 0.2) is 54.7 Å². The van der Waals surface area contributed by atoms with Gasteiger partial charge in [-0.2, -0.15) is 5.26 Å². The van der Waals surface area contributed by atoms with Gasteiger partial charge in [0, 0.05) is 82.2 Å². The van der Waals surface area contributed by atoms with Gasteiger partial charge in [-0.3, -0.25) is 34.3 Å². The molecule has 5 aliphatic heterocycles. The third kappa shape index (κ3) is 8.29. The lowest BCUT2D eigenvalue weighted by atomic mass is 9.93. The summed E-state index contributed by atoms with van der Waals surface area (Å²) in [7, 11) is 0. The number of fused-ring (bicyclic) bond motifs is 1. The van der Waals surface area contributed by atoms with Gasteiger partial charge in [-0.15, -0.1) is 0 Å². The largest absolute Gasteiger partial charge is 0.369 e. The van der Waals surface area contributed by atoms with Crippen molar-refractivity contribution in [3.63, 3.8) is 0 Å². The zero-order chi connectivity index (χ0) is 41.4. The topological polar surface area (TPSA) is 166 Å². The van der Waals surface area contributed by atoms with E-state index in [4.69, 9.17) is 16.6 Å². The zero-order valence-electron chi connectivity index (χ0n) is 33.4. The van der Waals surface area contributed by atoms with Crippen LogP contribution in [0.25, 0.3) is 0 Å². The Hall–Kier alpha value is -5.72. The maximum Gasteiger partial charge on any atom is 0.322 e. The fraction of sp³-hybridized carbons (Fsp3) is 0.465. The minimum atomic E-state index is -0.971. The first-order chi connectivity index (χ1) is 28.5. The Balaban J connectivity index is 0.758. The second-order valence-electron chi connectivity index (χ2n) is 16.3. The Morgan fingerprint density at radius 2 is 1.61 bits per heavy atom. The van der Waals surface area contributed by atoms with Crippen molar-refractivity contribution in [1.29, 1.82) is 5.26 Å². The third-order valence-electron chi connectivity index (χ3n) is 12.6. The molecule has 308 valence electrons. The Morgan fingerprint density at radius 3 is 2.31 bits per heavy atom. The molecule has 5 aliphatic rings. The van der Waals surface area contributed by atoms with Crippen molar-refractivity contribution in [3.8, 4) is 6.07 Å². The van der Waals surface area contributed by atoms with Crippen LogP contribution < -0.4 is 25.3 Å². The van der Waals surface area contributed by atoms with E-state index in [1.807, 2.05) is 42.2 Å². The van der Waals surface area contributed by atoms with Gasteiger partial charge in [0.15, 0.2) is 0 Å². The summed E-state index contributed by atoms with van der Waals surface area (Å²) in [6.07, 6.45) is 5.28. The Bertz CT molecular complexity index is 2180. The number of carbonyl (C=O) groups is 5. The number of aromatic nitrogens is 1. The molecule has 6 heterocycles. The monoisotopic (exact) mass is 820 g/mol. The van der Waals surface area contributed by atoms with Crippen LogP contribution in [0.4, 0.5) is 27.7 Å².